The molecule has 1 amide bonds. The maximum absolute atomic E-state index is 12.9. The van der Waals surface area contributed by atoms with Crippen molar-refractivity contribution in [2.24, 2.45) is 5.92 Å². The summed E-state index contributed by atoms with van der Waals surface area (Å²) in [6.07, 6.45) is 1.07. The third kappa shape index (κ3) is 4.06. The predicted octanol–water partition coefficient (Wildman–Crippen LogP) is 2.00. The second kappa shape index (κ2) is 8.16. The molecule has 0 bridgehead atoms. The van der Waals surface area contributed by atoms with Crippen LogP contribution in [-0.2, 0) is 19.6 Å². The maximum atomic E-state index is 12.9. The molecule has 0 atom stereocenters. The van der Waals surface area contributed by atoms with Crippen LogP contribution in [0.15, 0.2) is 47.4 Å². The van der Waals surface area contributed by atoms with Crippen molar-refractivity contribution in [1.82, 2.24) is 9.62 Å². The van der Waals surface area contributed by atoms with Gasteiger partial charge in [0.15, 0.2) is 0 Å². The number of ether oxygens (including phenoxy) is 1. The quantitative estimate of drug-likeness (QED) is 0.783. The minimum Gasteiger partial charge on any atom is -0.383 e. The summed E-state index contributed by atoms with van der Waals surface area (Å²) in [5.41, 5.74) is 0. The van der Waals surface area contributed by atoms with Crippen LogP contribution in [0.5, 0.6) is 0 Å². The summed E-state index contributed by atoms with van der Waals surface area (Å²) in [4.78, 5) is 12.4. The normalized spacial score (nSPS) is 16.7. The Bertz CT molecular complexity index is 874. The van der Waals surface area contributed by atoms with E-state index in [1.54, 1.807) is 19.2 Å². The van der Waals surface area contributed by atoms with Crippen LogP contribution in [0, 0.1) is 5.92 Å². The molecule has 1 N–H and O–H groups in total. The Morgan fingerprint density at radius 2 is 1.85 bits per heavy atom. The Hall–Kier alpha value is -1.96. The number of sulfonamides is 1. The summed E-state index contributed by atoms with van der Waals surface area (Å²) >= 11 is 0. The second-order valence-corrected chi connectivity index (χ2v) is 8.41. The zero-order valence-electron chi connectivity index (χ0n) is 14.8. The van der Waals surface area contributed by atoms with E-state index in [1.165, 1.54) is 4.31 Å². The Morgan fingerprint density at radius 3 is 2.54 bits per heavy atom. The van der Waals surface area contributed by atoms with Gasteiger partial charge in [-0.3, -0.25) is 4.79 Å². The van der Waals surface area contributed by atoms with Crippen LogP contribution in [0.1, 0.15) is 12.8 Å². The lowest BCUT2D eigenvalue weighted by Crippen LogP contribution is -2.43. The van der Waals surface area contributed by atoms with E-state index >= 15 is 0 Å². The van der Waals surface area contributed by atoms with Crippen LogP contribution < -0.4 is 5.32 Å². The average molecular weight is 376 g/mol. The Balaban J connectivity index is 1.66. The number of carbonyl (C=O) groups is 1. The molecule has 2 aromatic carbocycles. The lowest BCUT2D eigenvalue weighted by atomic mass is 9.97. The first-order chi connectivity index (χ1) is 12.5. The molecule has 0 radical (unpaired) electrons. The number of nitrogens with zero attached hydrogens (tertiary/aromatic N) is 1. The van der Waals surface area contributed by atoms with E-state index in [9.17, 15) is 13.2 Å². The lowest BCUT2D eigenvalue weighted by Gasteiger charge is -2.30. The number of carbonyl (C=O) groups excluding carboxylic acids is 1. The van der Waals surface area contributed by atoms with Crippen LogP contribution in [0.25, 0.3) is 10.8 Å². The van der Waals surface area contributed by atoms with Gasteiger partial charge >= 0.3 is 0 Å². The molecule has 1 fully saturated rings. The van der Waals surface area contributed by atoms with E-state index in [-0.39, 0.29) is 11.8 Å². The molecule has 3 rings (SSSR count). The number of hydrogen-bond donors (Lipinski definition) is 1. The standard InChI is InChI=1S/C19H24N2O4S/c1-25-13-10-20-19(22)16-8-11-21(12-9-16)26(23,24)18-7-6-15-4-2-3-5-17(15)14-18/h2-7,14,16H,8-13H2,1H3,(H,20,22). The highest BCUT2D eigenvalue weighted by molar-refractivity contribution is 7.89. The summed E-state index contributed by atoms with van der Waals surface area (Å²) in [6, 6.07) is 12.9. The molecule has 0 unspecified atom stereocenters. The Morgan fingerprint density at radius 1 is 1.15 bits per heavy atom. The number of piperidine rings is 1. The van der Waals surface area contributed by atoms with Crippen molar-refractivity contribution in [3.63, 3.8) is 0 Å². The van der Waals surface area contributed by atoms with Crippen LogP contribution in [0.3, 0.4) is 0 Å². The Kier molecular flexibility index (Phi) is 5.90. The largest absolute Gasteiger partial charge is 0.383 e. The molecule has 0 spiro atoms. The van der Waals surface area contributed by atoms with Gasteiger partial charge in [0.05, 0.1) is 11.5 Å². The van der Waals surface area contributed by atoms with Crippen molar-refractivity contribution in [1.29, 1.82) is 0 Å². The summed E-state index contributed by atoms with van der Waals surface area (Å²) in [5.74, 6) is -0.167. The summed E-state index contributed by atoms with van der Waals surface area (Å²) in [6.45, 7) is 1.67. The maximum Gasteiger partial charge on any atom is 0.243 e. The first-order valence-corrected chi connectivity index (χ1v) is 10.2. The number of methoxy groups -OCH3 is 1. The van der Waals surface area contributed by atoms with Crippen LogP contribution in [0.4, 0.5) is 0 Å². The molecule has 0 saturated carbocycles. The van der Waals surface area contributed by atoms with E-state index < -0.39 is 10.0 Å². The predicted molar refractivity (Wildman–Crippen MR) is 100 cm³/mol. The van der Waals surface area contributed by atoms with Crippen LogP contribution in [0.2, 0.25) is 0 Å². The molecule has 26 heavy (non-hydrogen) atoms. The van der Waals surface area contributed by atoms with E-state index in [1.807, 2.05) is 30.3 Å². The van der Waals surface area contributed by atoms with Gasteiger partial charge in [0.25, 0.3) is 0 Å². The third-order valence-corrected chi connectivity index (χ3v) is 6.68. The monoisotopic (exact) mass is 376 g/mol. The first kappa shape index (κ1) is 18.8. The second-order valence-electron chi connectivity index (χ2n) is 6.47. The molecule has 1 aliphatic heterocycles. The van der Waals surface area contributed by atoms with Crippen LogP contribution >= 0.6 is 0 Å². The molecule has 0 aromatic heterocycles. The SMILES string of the molecule is COCCNC(=O)C1CCN(S(=O)(=O)c2ccc3ccccc3c2)CC1. The van der Waals surface area contributed by atoms with Crippen molar-refractivity contribution in [2.45, 2.75) is 17.7 Å². The van der Waals surface area contributed by atoms with E-state index in [0.29, 0.717) is 44.0 Å². The van der Waals surface area contributed by atoms with Crippen molar-refractivity contribution >= 4 is 26.7 Å². The highest BCUT2D eigenvalue weighted by atomic mass is 32.2. The van der Waals surface area contributed by atoms with Crippen molar-refractivity contribution in [2.75, 3.05) is 33.4 Å². The van der Waals surface area contributed by atoms with E-state index in [2.05, 4.69) is 5.32 Å². The van der Waals surface area contributed by atoms with Crippen molar-refractivity contribution < 1.29 is 17.9 Å². The number of rotatable bonds is 6. The number of benzene rings is 2. The van der Waals surface area contributed by atoms with Gasteiger partial charge in [-0.15, -0.1) is 0 Å². The van der Waals surface area contributed by atoms with Gasteiger partial charge in [-0.1, -0.05) is 30.3 Å². The van der Waals surface area contributed by atoms with Gasteiger partial charge in [-0.25, -0.2) is 8.42 Å². The highest BCUT2D eigenvalue weighted by Gasteiger charge is 2.32. The smallest absolute Gasteiger partial charge is 0.243 e. The minimum atomic E-state index is -3.54. The molecule has 2 aromatic rings. The van der Waals surface area contributed by atoms with E-state index in [0.717, 1.165) is 10.8 Å². The molecule has 1 heterocycles. The highest BCUT2D eigenvalue weighted by Crippen LogP contribution is 2.26. The zero-order chi connectivity index (χ0) is 18.6. The van der Waals surface area contributed by atoms with Gasteiger partial charge in [-0.05, 0) is 35.7 Å². The van der Waals surface area contributed by atoms with Gasteiger partial charge in [0.2, 0.25) is 15.9 Å². The molecule has 1 saturated heterocycles. The molecule has 7 heteroatoms. The fourth-order valence-corrected chi connectivity index (χ4v) is 4.76. The number of amides is 1. The lowest BCUT2D eigenvalue weighted by molar-refractivity contribution is -0.126. The zero-order valence-corrected chi connectivity index (χ0v) is 15.7. The molecule has 6 nitrogen and oxygen atoms in total. The average Bonchev–Trinajstić information content (AvgIpc) is 2.67. The number of fused-ring (bicyclic) bond motifs is 1. The van der Waals surface area contributed by atoms with Gasteiger partial charge in [0.1, 0.15) is 0 Å². The summed E-state index contributed by atoms with van der Waals surface area (Å²) < 4.78 is 32.3. The van der Waals surface area contributed by atoms with E-state index in [4.69, 9.17) is 4.74 Å². The van der Waals surface area contributed by atoms with Gasteiger partial charge in [-0.2, -0.15) is 4.31 Å². The fourth-order valence-electron chi connectivity index (χ4n) is 3.26. The van der Waals surface area contributed by atoms with Gasteiger partial charge in [0, 0.05) is 32.7 Å². The van der Waals surface area contributed by atoms with Gasteiger partial charge < -0.3 is 10.1 Å². The topological polar surface area (TPSA) is 75.7 Å². The molecule has 140 valence electrons. The summed E-state index contributed by atoms with van der Waals surface area (Å²) in [5, 5.41) is 4.74. The Labute approximate surface area is 154 Å². The fraction of sp³-hybridized carbons (Fsp3) is 0.421. The molecular weight excluding hydrogens is 352 g/mol. The number of hydrogen-bond acceptors (Lipinski definition) is 4. The summed E-state index contributed by atoms with van der Waals surface area (Å²) in [7, 11) is -1.96. The minimum absolute atomic E-state index is 0.0233. The molecule has 1 aliphatic rings. The third-order valence-electron chi connectivity index (χ3n) is 4.79. The first-order valence-electron chi connectivity index (χ1n) is 8.78. The molecular formula is C19H24N2O4S. The molecule has 0 aliphatic carbocycles. The van der Waals surface area contributed by atoms with Crippen molar-refractivity contribution in [3.8, 4) is 0 Å². The van der Waals surface area contributed by atoms with Crippen molar-refractivity contribution in [3.05, 3.63) is 42.5 Å². The van der Waals surface area contributed by atoms with Crippen LogP contribution in [-0.4, -0.2) is 52.0 Å². The number of nitrogens with one attached hydrogen (secondary N) is 1.